The highest BCUT2D eigenvalue weighted by atomic mass is 79.9. The molecule has 124 valence electrons. The van der Waals surface area contributed by atoms with Crippen LogP contribution < -0.4 is 10.5 Å². The molecule has 0 unspecified atom stereocenters. The predicted molar refractivity (Wildman–Crippen MR) is 96.9 cm³/mol. The average molecular weight is 391 g/mol. The Morgan fingerprint density at radius 2 is 2.14 bits per heavy atom. The minimum Gasteiger partial charge on any atom is -0.507 e. The third kappa shape index (κ3) is 6.27. The van der Waals surface area contributed by atoms with Crippen LogP contribution in [0.3, 0.4) is 0 Å². The molecular formula is C15H23BrN2O3S. The van der Waals surface area contributed by atoms with E-state index in [0.717, 1.165) is 18.6 Å². The van der Waals surface area contributed by atoms with Crippen molar-refractivity contribution in [3.8, 4) is 11.5 Å². The Morgan fingerprint density at radius 1 is 1.45 bits per heavy atom. The van der Waals surface area contributed by atoms with E-state index >= 15 is 0 Å². The number of halogens is 1. The van der Waals surface area contributed by atoms with Gasteiger partial charge in [-0.3, -0.25) is 10.2 Å². The first-order valence-corrected chi connectivity index (χ1v) is 7.91. The van der Waals surface area contributed by atoms with Crippen molar-refractivity contribution in [3.05, 3.63) is 23.3 Å². The number of thioether (sulfide) groups is 1. The van der Waals surface area contributed by atoms with E-state index in [1.54, 1.807) is 12.1 Å². The Hall–Kier alpha value is -1.21. The van der Waals surface area contributed by atoms with Crippen LogP contribution in [0.25, 0.3) is 0 Å². The molecule has 0 aliphatic heterocycles. The Bertz CT molecular complexity index is 524. The number of hydrogen-bond donors (Lipinski definition) is 3. The molecule has 0 bridgehead atoms. The van der Waals surface area contributed by atoms with Crippen LogP contribution in [-0.4, -0.2) is 28.4 Å². The molecule has 0 aliphatic rings. The summed E-state index contributed by atoms with van der Waals surface area (Å²) in [7, 11) is 0. The molecule has 22 heavy (non-hydrogen) atoms. The highest BCUT2D eigenvalue weighted by Crippen LogP contribution is 2.33. The molecule has 0 aromatic heterocycles. The van der Waals surface area contributed by atoms with Crippen LogP contribution in [0.5, 0.6) is 11.5 Å². The Labute approximate surface area is 145 Å². The van der Waals surface area contributed by atoms with Crippen LogP contribution in [-0.2, 0) is 6.42 Å². The summed E-state index contributed by atoms with van der Waals surface area (Å²) < 4.78 is 5.69. The van der Waals surface area contributed by atoms with Gasteiger partial charge in [0.15, 0.2) is 11.0 Å². The van der Waals surface area contributed by atoms with Crippen molar-refractivity contribution in [1.29, 1.82) is 5.41 Å². The number of carbonyl (C=O) groups excluding carboxylic acids is 1. The second-order valence-electron chi connectivity index (χ2n) is 4.66. The summed E-state index contributed by atoms with van der Waals surface area (Å²) in [6.45, 7) is 3.92. The van der Waals surface area contributed by atoms with Crippen molar-refractivity contribution in [2.45, 2.75) is 33.1 Å². The summed E-state index contributed by atoms with van der Waals surface area (Å²) in [4.78, 5) is 11.5. The predicted octanol–water partition coefficient (Wildman–Crippen LogP) is 3.52. The lowest BCUT2D eigenvalue weighted by Crippen LogP contribution is -2.07. The molecule has 0 saturated carbocycles. The van der Waals surface area contributed by atoms with E-state index in [0.29, 0.717) is 29.9 Å². The molecule has 0 saturated heterocycles. The number of nitrogens with two attached hydrogens (primary N) is 1. The van der Waals surface area contributed by atoms with Gasteiger partial charge < -0.3 is 15.6 Å². The van der Waals surface area contributed by atoms with Gasteiger partial charge in [-0.25, -0.2) is 0 Å². The molecule has 0 aliphatic carbocycles. The lowest BCUT2D eigenvalue weighted by Gasteiger charge is -2.14. The number of carbonyl (C=O) groups is 1. The summed E-state index contributed by atoms with van der Waals surface area (Å²) in [5, 5.41) is 17.4. The van der Waals surface area contributed by atoms with Gasteiger partial charge in [0.05, 0.1) is 12.2 Å². The Balaban J connectivity index is 0.00000441. The number of ether oxygens (including phenoxy) is 1. The van der Waals surface area contributed by atoms with Crippen LogP contribution in [0.2, 0.25) is 0 Å². The van der Waals surface area contributed by atoms with E-state index in [4.69, 9.17) is 15.9 Å². The third-order valence-corrected chi connectivity index (χ3v) is 3.73. The molecule has 0 amide bonds. The molecule has 0 heterocycles. The molecule has 1 aromatic rings. The number of phenolic OH excluding ortho intramolecular Hbond substituents is 1. The van der Waals surface area contributed by atoms with Gasteiger partial charge in [-0.1, -0.05) is 25.1 Å². The number of amidine groups is 1. The quantitative estimate of drug-likeness (QED) is 0.273. The maximum Gasteiger partial charge on any atom is 0.163 e. The zero-order chi connectivity index (χ0) is 15.8. The monoisotopic (exact) mass is 390 g/mol. The number of phenols is 1. The van der Waals surface area contributed by atoms with Crippen molar-refractivity contribution in [3.63, 3.8) is 0 Å². The number of hydrogen-bond acceptors (Lipinski definition) is 5. The molecule has 4 N–H and O–H groups in total. The molecule has 0 radical (unpaired) electrons. The zero-order valence-corrected chi connectivity index (χ0v) is 15.4. The lowest BCUT2D eigenvalue weighted by atomic mass is 10.0. The standard InChI is InChI=1S/C15H22N2O3S.BrH/c1-3-5-12-13(20-8-4-9-21-15(16)17)7-6-11(10(2)18)14(12)19;/h6-7,19H,3-5,8-9H2,1-2H3,(H3,16,17);1H. The number of benzene rings is 1. The van der Waals surface area contributed by atoms with E-state index in [-0.39, 0.29) is 33.7 Å². The topological polar surface area (TPSA) is 96.4 Å². The largest absolute Gasteiger partial charge is 0.507 e. The SMILES string of the molecule is Br.CCCc1c(OCCCSC(=N)N)ccc(C(C)=O)c1O. The van der Waals surface area contributed by atoms with Crippen LogP contribution in [0.4, 0.5) is 0 Å². The minimum atomic E-state index is -0.158. The molecule has 0 atom stereocenters. The van der Waals surface area contributed by atoms with E-state index < -0.39 is 0 Å². The molecule has 1 aromatic carbocycles. The molecule has 1 rings (SSSR count). The van der Waals surface area contributed by atoms with Crippen LogP contribution in [0, 0.1) is 5.41 Å². The van der Waals surface area contributed by atoms with E-state index in [1.165, 1.54) is 18.7 Å². The highest BCUT2D eigenvalue weighted by molar-refractivity contribution is 8.93. The first-order chi connectivity index (χ1) is 9.97. The fraction of sp³-hybridized carbons (Fsp3) is 0.467. The van der Waals surface area contributed by atoms with Crippen molar-refractivity contribution < 1.29 is 14.6 Å². The summed E-state index contributed by atoms with van der Waals surface area (Å²) in [6.07, 6.45) is 2.26. The van der Waals surface area contributed by atoms with E-state index in [9.17, 15) is 9.90 Å². The molecule has 7 heteroatoms. The van der Waals surface area contributed by atoms with Crippen LogP contribution in [0.15, 0.2) is 12.1 Å². The Kier molecular flexibility index (Phi) is 9.93. The number of Topliss-reactive ketones (excluding diaryl/α,β-unsaturated/α-hetero) is 1. The van der Waals surface area contributed by atoms with Gasteiger partial charge in [-0.2, -0.15) is 0 Å². The normalized spacial score (nSPS) is 9.91. The molecule has 5 nitrogen and oxygen atoms in total. The third-order valence-electron chi connectivity index (χ3n) is 2.92. The lowest BCUT2D eigenvalue weighted by molar-refractivity contribution is 0.101. The number of ketones is 1. The first kappa shape index (κ1) is 20.8. The van der Waals surface area contributed by atoms with Gasteiger partial charge in [-0.05, 0) is 31.9 Å². The zero-order valence-electron chi connectivity index (χ0n) is 12.8. The summed E-state index contributed by atoms with van der Waals surface area (Å²) in [5.41, 5.74) is 6.27. The molecule has 0 spiro atoms. The first-order valence-electron chi connectivity index (χ1n) is 6.92. The Morgan fingerprint density at radius 3 is 2.68 bits per heavy atom. The van der Waals surface area contributed by atoms with E-state index in [1.807, 2.05) is 6.92 Å². The van der Waals surface area contributed by atoms with Gasteiger partial charge in [0, 0.05) is 11.3 Å². The smallest absolute Gasteiger partial charge is 0.163 e. The van der Waals surface area contributed by atoms with Gasteiger partial charge in [0.25, 0.3) is 0 Å². The van der Waals surface area contributed by atoms with E-state index in [2.05, 4.69) is 0 Å². The van der Waals surface area contributed by atoms with Crippen molar-refractivity contribution in [1.82, 2.24) is 0 Å². The summed E-state index contributed by atoms with van der Waals surface area (Å²) in [5.74, 6) is 1.21. The molecule has 0 fully saturated rings. The van der Waals surface area contributed by atoms with Gasteiger partial charge in [0.2, 0.25) is 0 Å². The fourth-order valence-corrected chi connectivity index (χ4v) is 2.43. The van der Waals surface area contributed by atoms with Crippen molar-refractivity contribution >= 4 is 39.7 Å². The van der Waals surface area contributed by atoms with Gasteiger partial charge in [-0.15, -0.1) is 17.0 Å². The average Bonchev–Trinajstić information content (AvgIpc) is 2.41. The number of nitrogens with one attached hydrogen (secondary N) is 1. The summed E-state index contributed by atoms with van der Waals surface area (Å²) in [6, 6.07) is 3.33. The fourth-order valence-electron chi connectivity index (χ4n) is 1.95. The number of aromatic hydroxyl groups is 1. The van der Waals surface area contributed by atoms with Crippen molar-refractivity contribution in [2.75, 3.05) is 12.4 Å². The second-order valence-corrected chi connectivity index (χ2v) is 5.80. The number of rotatable bonds is 8. The van der Waals surface area contributed by atoms with Crippen LogP contribution >= 0.6 is 28.7 Å². The highest BCUT2D eigenvalue weighted by Gasteiger charge is 2.15. The van der Waals surface area contributed by atoms with Gasteiger partial charge in [0.1, 0.15) is 11.5 Å². The van der Waals surface area contributed by atoms with Gasteiger partial charge >= 0.3 is 0 Å². The van der Waals surface area contributed by atoms with Crippen LogP contribution in [0.1, 0.15) is 42.6 Å². The maximum absolute atomic E-state index is 11.5. The summed E-state index contributed by atoms with van der Waals surface area (Å²) >= 11 is 1.28. The maximum atomic E-state index is 11.5. The second kappa shape index (κ2) is 10.5. The minimum absolute atomic E-state index is 0. The molecular weight excluding hydrogens is 368 g/mol. The van der Waals surface area contributed by atoms with Crippen molar-refractivity contribution in [2.24, 2.45) is 5.73 Å².